The maximum absolute atomic E-state index is 11.5. The minimum atomic E-state index is -1.15. The first-order valence-corrected chi connectivity index (χ1v) is 6.07. The van der Waals surface area contributed by atoms with E-state index in [9.17, 15) is 9.59 Å². The highest BCUT2D eigenvalue weighted by atomic mass is 16.5. The van der Waals surface area contributed by atoms with Gasteiger partial charge in [0.25, 0.3) is 0 Å². The summed E-state index contributed by atoms with van der Waals surface area (Å²) in [4.78, 5) is 22.0. The highest BCUT2D eigenvalue weighted by molar-refractivity contribution is 5.89. The van der Waals surface area contributed by atoms with Gasteiger partial charge in [-0.15, -0.1) is 0 Å². The van der Waals surface area contributed by atoms with E-state index in [1.165, 1.54) is 0 Å². The van der Waals surface area contributed by atoms with E-state index in [0.717, 1.165) is 18.4 Å². The van der Waals surface area contributed by atoms with Crippen LogP contribution in [0.5, 0.6) is 0 Å². The zero-order valence-electron chi connectivity index (χ0n) is 11.0. The number of nitrogens with one attached hydrogen (secondary N) is 2. The van der Waals surface area contributed by atoms with Crippen molar-refractivity contribution in [3.8, 4) is 0 Å². The molecule has 0 spiro atoms. The van der Waals surface area contributed by atoms with Crippen LogP contribution in [-0.4, -0.2) is 23.9 Å². The lowest BCUT2D eigenvalue weighted by atomic mass is 10.2. The van der Waals surface area contributed by atoms with Crippen molar-refractivity contribution in [2.45, 2.75) is 26.7 Å². The van der Waals surface area contributed by atoms with Crippen molar-refractivity contribution in [1.29, 1.82) is 0 Å². The molecule has 0 aliphatic carbocycles. The molecule has 0 radical (unpaired) electrons. The average molecular weight is 266 g/mol. The molecule has 1 aromatic carbocycles. The van der Waals surface area contributed by atoms with Crippen molar-refractivity contribution < 1.29 is 19.4 Å². The number of amides is 2. The fourth-order valence-electron chi connectivity index (χ4n) is 1.41. The van der Waals surface area contributed by atoms with Crippen LogP contribution in [0, 0.1) is 6.92 Å². The second-order valence-corrected chi connectivity index (χ2v) is 4.07. The van der Waals surface area contributed by atoms with Gasteiger partial charge in [-0.1, -0.05) is 19.4 Å². The predicted octanol–water partition coefficient (Wildman–Crippen LogP) is 3.43. The Kier molecular flexibility index (Phi) is 5.66. The number of benzene rings is 1. The summed E-state index contributed by atoms with van der Waals surface area (Å²) >= 11 is 0. The molecule has 0 unspecified atom stereocenters. The third-order valence-electron chi connectivity index (χ3n) is 2.46. The Labute approximate surface area is 111 Å². The summed E-state index contributed by atoms with van der Waals surface area (Å²) in [6, 6.07) is 4.88. The summed E-state index contributed by atoms with van der Waals surface area (Å²) < 4.78 is 4.98. The van der Waals surface area contributed by atoms with Gasteiger partial charge in [0, 0.05) is 11.4 Å². The molecule has 0 saturated carbocycles. The first-order valence-electron chi connectivity index (χ1n) is 6.07. The molecule has 1 aromatic rings. The molecule has 0 heterocycles. The minimum Gasteiger partial charge on any atom is -0.465 e. The first kappa shape index (κ1) is 14.8. The number of carbonyl (C=O) groups excluding carboxylic acids is 1. The van der Waals surface area contributed by atoms with Crippen LogP contribution in [0.3, 0.4) is 0 Å². The number of carbonyl (C=O) groups is 2. The summed E-state index contributed by atoms with van der Waals surface area (Å²) in [6.45, 7) is 4.19. The number of hydrogen-bond acceptors (Lipinski definition) is 3. The van der Waals surface area contributed by atoms with Crippen LogP contribution in [0.15, 0.2) is 18.2 Å². The lowest BCUT2D eigenvalue weighted by molar-refractivity contribution is 0.160. The van der Waals surface area contributed by atoms with E-state index in [4.69, 9.17) is 9.84 Å². The molecule has 0 bridgehead atoms. The molecule has 104 valence electrons. The first-order chi connectivity index (χ1) is 9.02. The molecule has 0 aliphatic heterocycles. The lowest BCUT2D eigenvalue weighted by Gasteiger charge is -2.10. The van der Waals surface area contributed by atoms with E-state index in [1.807, 2.05) is 13.8 Å². The van der Waals surface area contributed by atoms with Crippen molar-refractivity contribution in [1.82, 2.24) is 0 Å². The number of unbranched alkanes of at least 4 members (excludes halogenated alkanes) is 1. The van der Waals surface area contributed by atoms with Gasteiger partial charge in [-0.2, -0.15) is 0 Å². The molecule has 0 aliphatic rings. The minimum absolute atomic E-state index is 0.369. The van der Waals surface area contributed by atoms with Crippen LogP contribution in [0.2, 0.25) is 0 Å². The highest BCUT2D eigenvalue weighted by Gasteiger charge is 2.07. The van der Waals surface area contributed by atoms with E-state index in [-0.39, 0.29) is 0 Å². The number of aryl methyl sites for hydroxylation is 1. The van der Waals surface area contributed by atoms with Crippen molar-refractivity contribution in [2.24, 2.45) is 0 Å². The fraction of sp³-hybridized carbons (Fsp3) is 0.385. The standard InChI is InChI=1S/C13H18N2O4/c1-3-4-7-19-13(18)15-11-8-10(14-12(16)17)6-5-9(11)2/h5-6,8,14H,3-4,7H2,1-2H3,(H,15,18)(H,16,17). The van der Waals surface area contributed by atoms with Crippen molar-refractivity contribution in [3.63, 3.8) is 0 Å². The van der Waals surface area contributed by atoms with E-state index >= 15 is 0 Å². The zero-order chi connectivity index (χ0) is 14.3. The Balaban J connectivity index is 2.65. The number of anilines is 2. The van der Waals surface area contributed by atoms with E-state index in [0.29, 0.717) is 18.0 Å². The summed E-state index contributed by atoms with van der Waals surface area (Å²) in [5.41, 5.74) is 1.73. The molecular formula is C13H18N2O4. The highest BCUT2D eigenvalue weighted by Crippen LogP contribution is 2.20. The Bertz CT molecular complexity index is 460. The Hall–Kier alpha value is -2.24. The summed E-state index contributed by atoms with van der Waals surface area (Å²) in [6.07, 6.45) is 0.0708. The molecule has 0 atom stereocenters. The van der Waals surface area contributed by atoms with Crippen LogP contribution < -0.4 is 10.6 Å². The van der Waals surface area contributed by atoms with Gasteiger partial charge < -0.3 is 9.84 Å². The van der Waals surface area contributed by atoms with E-state index < -0.39 is 12.2 Å². The largest absolute Gasteiger partial charge is 0.465 e. The lowest BCUT2D eigenvalue weighted by Crippen LogP contribution is -2.15. The molecular weight excluding hydrogens is 248 g/mol. The van der Waals surface area contributed by atoms with Gasteiger partial charge in [-0.3, -0.25) is 10.6 Å². The zero-order valence-corrected chi connectivity index (χ0v) is 11.0. The molecule has 6 heteroatoms. The second-order valence-electron chi connectivity index (χ2n) is 4.07. The van der Waals surface area contributed by atoms with Crippen LogP contribution in [0.25, 0.3) is 0 Å². The Morgan fingerprint density at radius 1 is 1.32 bits per heavy atom. The van der Waals surface area contributed by atoms with Crippen molar-refractivity contribution >= 4 is 23.6 Å². The van der Waals surface area contributed by atoms with Crippen LogP contribution >= 0.6 is 0 Å². The molecule has 19 heavy (non-hydrogen) atoms. The van der Waals surface area contributed by atoms with Crippen LogP contribution in [0.1, 0.15) is 25.3 Å². The number of rotatable bonds is 5. The molecule has 3 N–H and O–H groups in total. The third-order valence-corrected chi connectivity index (χ3v) is 2.46. The van der Waals surface area contributed by atoms with Crippen molar-refractivity contribution in [2.75, 3.05) is 17.2 Å². The Morgan fingerprint density at radius 2 is 2.05 bits per heavy atom. The summed E-state index contributed by atoms with van der Waals surface area (Å²) in [7, 11) is 0. The molecule has 2 amide bonds. The molecule has 1 rings (SSSR count). The van der Waals surface area contributed by atoms with Gasteiger partial charge in [0.15, 0.2) is 0 Å². The topological polar surface area (TPSA) is 87.7 Å². The molecule has 0 saturated heterocycles. The smallest absolute Gasteiger partial charge is 0.411 e. The van der Waals surface area contributed by atoms with Gasteiger partial charge >= 0.3 is 12.2 Å². The van der Waals surface area contributed by atoms with E-state index in [2.05, 4.69) is 10.6 Å². The van der Waals surface area contributed by atoms with Crippen molar-refractivity contribution in [3.05, 3.63) is 23.8 Å². The molecule has 0 aromatic heterocycles. The van der Waals surface area contributed by atoms with Crippen LogP contribution in [-0.2, 0) is 4.74 Å². The van der Waals surface area contributed by atoms with Gasteiger partial charge in [0.05, 0.1) is 6.61 Å². The monoisotopic (exact) mass is 266 g/mol. The maximum atomic E-state index is 11.5. The van der Waals surface area contributed by atoms with Gasteiger partial charge in [0.1, 0.15) is 0 Å². The quantitative estimate of drug-likeness (QED) is 0.712. The van der Waals surface area contributed by atoms with E-state index in [1.54, 1.807) is 18.2 Å². The predicted molar refractivity (Wildman–Crippen MR) is 72.7 cm³/mol. The maximum Gasteiger partial charge on any atom is 0.411 e. The SMILES string of the molecule is CCCCOC(=O)Nc1cc(NC(=O)O)ccc1C. The molecule has 6 nitrogen and oxygen atoms in total. The summed E-state index contributed by atoms with van der Waals surface area (Å²) in [5.74, 6) is 0. The number of hydrogen-bond donors (Lipinski definition) is 3. The number of carboxylic acid groups (broad SMARTS) is 1. The summed E-state index contributed by atoms with van der Waals surface area (Å²) in [5, 5.41) is 13.4. The number of ether oxygens (including phenoxy) is 1. The van der Waals surface area contributed by atoms with Gasteiger partial charge in [-0.25, -0.2) is 9.59 Å². The Morgan fingerprint density at radius 3 is 2.68 bits per heavy atom. The average Bonchev–Trinajstić information content (AvgIpc) is 2.33. The van der Waals surface area contributed by atoms with Gasteiger partial charge in [0.2, 0.25) is 0 Å². The van der Waals surface area contributed by atoms with Gasteiger partial charge in [-0.05, 0) is 31.0 Å². The van der Waals surface area contributed by atoms with Crippen LogP contribution in [0.4, 0.5) is 21.0 Å². The fourth-order valence-corrected chi connectivity index (χ4v) is 1.41. The molecule has 0 fully saturated rings. The second kappa shape index (κ2) is 7.25. The third kappa shape index (κ3) is 5.29. The normalized spacial score (nSPS) is 9.79.